The van der Waals surface area contributed by atoms with Gasteiger partial charge in [0.15, 0.2) is 0 Å². The Morgan fingerprint density at radius 3 is 2.72 bits per heavy atom. The maximum atomic E-state index is 10.9. The topological polar surface area (TPSA) is 71.3 Å². The highest BCUT2D eigenvalue weighted by molar-refractivity contribution is 5.55. The highest BCUT2D eigenvalue weighted by Gasteiger charge is 2.16. The minimum Gasteiger partial charge on any atom is -0.373 e. The summed E-state index contributed by atoms with van der Waals surface area (Å²) in [5, 5.41) is 13.7. The molecule has 0 saturated carbocycles. The van der Waals surface area contributed by atoms with Gasteiger partial charge in [0, 0.05) is 20.1 Å². The molecule has 1 aromatic heterocycles. The molecular weight excluding hydrogens is 232 g/mol. The molecule has 0 radical (unpaired) electrons. The summed E-state index contributed by atoms with van der Waals surface area (Å²) in [5.41, 5.74) is 0.0555. The Balaban J connectivity index is 3.07. The Kier molecular flexibility index (Phi) is 4.88. The van der Waals surface area contributed by atoms with Crippen molar-refractivity contribution in [2.45, 2.75) is 32.7 Å². The van der Waals surface area contributed by atoms with Crippen molar-refractivity contribution in [3.05, 3.63) is 22.2 Å². The molecule has 0 aliphatic rings. The molecule has 0 spiro atoms. The summed E-state index contributed by atoms with van der Waals surface area (Å²) in [6.07, 6.45) is 2.09. The van der Waals surface area contributed by atoms with Crippen LogP contribution in [-0.2, 0) is 0 Å². The van der Waals surface area contributed by atoms with Crippen molar-refractivity contribution in [3.8, 4) is 0 Å². The van der Waals surface area contributed by atoms with Crippen molar-refractivity contribution in [1.29, 1.82) is 0 Å². The number of hydrogen-bond donors (Lipinski definition) is 1. The van der Waals surface area contributed by atoms with Gasteiger partial charge in [-0.1, -0.05) is 13.3 Å². The van der Waals surface area contributed by atoms with Crippen LogP contribution in [0.3, 0.4) is 0 Å². The lowest BCUT2D eigenvalue weighted by atomic mass is 10.2. The SMILES string of the molecule is CCCC(C)N(C)c1cc([N+](=O)[O-])cc(NC)n1. The quantitative estimate of drug-likeness (QED) is 0.622. The van der Waals surface area contributed by atoms with Gasteiger partial charge in [0.2, 0.25) is 0 Å². The van der Waals surface area contributed by atoms with Gasteiger partial charge in [0.05, 0.1) is 17.1 Å². The van der Waals surface area contributed by atoms with E-state index in [1.807, 2.05) is 11.9 Å². The highest BCUT2D eigenvalue weighted by Crippen LogP contribution is 2.24. The van der Waals surface area contributed by atoms with Crippen LogP contribution in [0.2, 0.25) is 0 Å². The average molecular weight is 252 g/mol. The molecule has 1 unspecified atom stereocenters. The predicted molar refractivity (Wildman–Crippen MR) is 73.2 cm³/mol. The molecule has 18 heavy (non-hydrogen) atoms. The lowest BCUT2D eigenvalue weighted by Crippen LogP contribution is -2.29. The van der Waals surface area contributed by atoms with Gasteiger partial charge in [0.1, 0.15) is 11.6 Å². The smallest absolute Gasteiger partial charge is 0.276 e. The fourth-order valence-corrected chi connectivity index (χ4v) is 1.75. The number of anilines is 2. The van der Waals surface area contributed by atoms with Gasteiger partial charge < -0.3 is 10.2 Å². The molecule has 1 aromatic rings. The van der Waals surface area contributed by atoms with Gasteiger partial charge >= 0.3 is 0 Å². The summed E-state index contributed by atoms with van der Waals surface area (Å²) >= 11 is 0. The van der Waals surface area contributed by atoms with Crippen LogP contribution in [-0.4, -0.2) is 30.0 Å². The molecule has 0 fully saturated rings. The van der Waals surface area contributed by atoms with Crippen molar-refractivity contribution in [1.82, 2.24) is 4.98 Å². The predicted octanol–water partition coefficient (Wildman–Crippen LogP) is 2.66. The minimum atomic E-state index is -0.398. The molecule has 0 saturated heterocycles. The zero-order valence-electron chi connectivity index (χ0n) is 11.3. The molecule has 1 atom stereocenters. The van der Waals surface area contributed by atoms with Crippen molar-refractivity contribution >= 4 is 17.3 Å². The molecule has 1 N–H and O–H groups in total. The first-order valence-corrected chi connectivity index (χ1v) is 6.06. The first-order valence-electron chi connectivity index (χ1n) is 6.06. The van der Waals surface area contributed by atoms with E-state index in [1.54, 1.807) is 7.05 Å². The summed E-state index contributed by atoms with van der Waals surface area (Å²) in [6.45, 7) is 4.20. The fourth-order valence-electron chi connectivity index (χ4n) is 1.75. The van der Waals surface area contributed by atoms with Crippen LogP contribution in [0.15, 0.2) is 12.1 Å². The van der Waals surface area contributed by atoms with E-state index in [0.29, 0.717) is 17.7 Å². The largest absolute Gasteiger partial charge is 0.373 e. The summed E-state index contributed by atoms with van der Waals surface area (Å²) in [4.78, 5) is 16.8. The van der Waals surface area contributed by atoms with Gasteiger partial charge in [0.25, 0.3) is 5.69 Å². The van der Waals surface area contributed by atoms with Crippen LogP contribution in [0.25, 0.3) is 0 Å². The van der Waals surface area contributed by atoms with Gasteiger partial charge in [-0.15, -0.1) is 0 Å². The third kappa shape index (κ3) is 3.32. The second-order valence-electron chi connectivity index (χ2n) is 4.32. The Morgan fingerprint density at radius 2 is 2.22 bits per heavy atom. The van der Waals surface area contributed by atoms with Gasteiger partial charge in [-0.05, 0) is 13.3 Å². The lowest BCUT2D eigenvalue weighted by Gasteiger charge is -2.25. The standard InChI is InChI=1S/C12H20N4O2/c1-5-6-9(2)15(4)12-8-10(16(17)18)7-11(13-3)14-12/h7-9H,5-6H2,1-4H3,(H,13,14). The van der Waals surface area contributed by atoms with Gasteiger partial charge in [-0.3, -0.25) is 10.1 Å². The summed E-state index contributed by atoms with van der Waals surface area (Å²) in [6, 6.07) is 3.24. The lowest BCUT2D eigenvalue weighted by molar-refractivity contribution is -0.384. The molecule has 0 aromatic carbocycles. The molecule has 6 heteroatoms. The Morgan fingerprint density at radius 1 is 1.56 bits per heavy atom. The summed E-state index contributed by atoms with van der Waals surface area (Å²) in [7, 11) is 3.61. The molecule has 1 rings (SSSR count). The van der Waals surface area contributed by atoms with E-state index in [4.69, 9.17) is 0 Å². The Hall–Kier alpha value is -1.85. The van der Waals surface area contributed by atoms with E-state index in [9.17, 15) is 10.1 Å². The van der Waals surface area contributed by atoms with Crippen molar-refractivity contribution < 1.29 is 4.92 Å². The number of hydrogen-bond acceptors (Lipinski definition) is 5. The molecular formula is C12H20N4O2. The van der Waals surface area contributed by atoms with E-state index in [2.05, 4.69) is 24.1 Å². The number of rotatable bonds is 6. The third-order valence-electron chi connectivity index (χ3n) is 2.99. The second kappa shape index (κ2) is 6.18. The molecule has 0 aliphatic carbocycles. The van der Waals surface area contributed by atoms with Crippen molar-refractivity contribution in [2.75, 3.05) is 24.3 Å². The molecule has 1 heterocycles. The zero-order chi connectivity index (χ0) is 13.7. The third-order valence-corrected chi connectivity index (χ3v) is 2.99. The Labute approximate surface area is 107 Å². The van der Waals surface area contributed by atoms with Crippen LogP contribution in [0.5, 0.6) is 0 Å². The second-order valence-corrected chi connectivity index (χ2v) is 4.32. The van der Waals surface area contributed by atoms with Crippen LogP contribution in [0, 0.1) is 10.1 Å². The van der Waals surface area contributed by atoms with E-state index in [-0.39, 0.29) is 5.69 Å². The molecule has 100 valence electrons. The maximum Gasteiger partial charge on any atom is 0.276 e. The van der Waals surface area contributed by atoms with E-state index >= 15 is 0 Å². The van der Waals surface area contributed by atoms with Gasteiger partial charge in [-0.2, -0.15) is 0 Å². The van der Waals surface area contributed by atoms with Crippen LogP contribution >= 0.6 is 0 Å². The Bertz CT molecular complexity index is 423. The van der Waals surface area contributed by atoms with E-state index < -0.39 is 4.92 Å². The van der Waals surface area contributed by atoms with E-state index in [1.165, 1.54) is 12.1 Å². The van der Waals surface area contributed by atoms with Crippen LogP contribution < -0.4 is 10.2 Å². The van der Waals surface area contributed by atoms with Gasteiger partial charge in [-0.25, -0.2) is 4.98 Å². The average Bonchev–Trinajstić information content (AvgIpc) is 2.37. The maximum absolute atomic E-state index is 10.9. The monoisotopic (exact) mass is 252 g/mol. The fraction of sp³-hybridized carbons (Fsp3) is 0.583. The summed E-state index contributed by atoms with van der Waals surface area (Å²) in [5.74, 6) is 1.13. The number of nitro groups is 1. The van der Waals surface area contributed by atoms with Crippen molar-refractivity contribution in [2.24, 2.45) is 0 Å². The highest BCUT2D eigenvalue weighted by atomic mass is 16.6. The normalized spacial score (nSPS) is 12.0. The first kappa shape index (κ1) is 14.2. The summed E-state index contributed by atoms with van der Waals surface area (Å²) < 4.78 is 0. The minimum absolute atomic E-state index is 0.0555. The zero-order valence-corrected chi connectivity index (χ0v) is 11.3. The first-order chi connectivity index (χ1) is 8.49. The number of nitrogens with one attached hydrogen (secondary N) is 1. The molecule has 0 amide bonds. The molecule has 0 aliphatic heterocycles. The van der Waals surface area contributed by atoms with E-state index in [0.717, 1.165) is 12.8 Å². The number of nitrogens with zero attached hydrogens (tertiary/aromatic N) is 3. The van der Waals surface area contributed by atoms with Crippen molar-refractivity contribution in [3.63, 3.8) is 0 Å². The van der Waals surface area contributed by atoms with Crippen LogP contribution in [0.1, 0.15) is 26.7 Å². The molecule has 0 bridgehead atoms. The molecule has 6 nitrogen and oxygen atoms in total. The number of pyridine rings is 1. The van der Waals surface area contributed by atoms with Crippen LogP contribution in [0.4, 0.5) is 17.3 Å². The number of aromatic nitrogens is 1.